The molecule has 12 unspecified atom stereocenters. The van der Waals surface area contributed by atoms with Gasteiger partial charge in [0.05, 0.1) is 32.0 Å². The van der Waals surface area contributed by atoms with Gasteiger partial charge in [-0.25, -0.2) is 0 Å². The molecule has 0 aromatic heterocycles. The van der Waals surface area contributed by atoms with E-state index in [4.69, 9.17) is 18.9 Å². The van der Waals surface area contributed by atoms with Gasteiger partial charge in [0.1, 0.15) is 48.8 Å². The highest BCUT2D eigenvalue weighted by Crippen LogP contribution is 2.30. The minimum atomic E-state index is -1.79. The molecular weight excluding hydrogens is 1180 g/mol. The van der Waals surface area contributed by atoms with E-state index in [0.29, 0.717) is 6.42 Å². The summed E-state index contributed by atoms with van der Waals surface area (Å²) in [6.45, 7) is 2.73. The number of hydrogen-bond acceptors (Lipinski definition) is 13. The third-order valence-corrected chi connectivity index (χ3v) is 18.6. The fraction of sp³-hybridized carbons (Fsp3) is 0.812. The fourth-order valence-electron chi connectivity index (χ4n) is 12.5. The topological polar surface area (TPSA) is 228 Å². The summed E-state index contributed by atoms with van der Waals surface area (Å²) < 4.78 is 22.9. The molecule has 1 amide bonds. The van der Waals surface area contributed by atoms with Crippen molar-refractivity contribution in [2.75, 3.05) is 19.8 Å². The van der Waals surface area contributed by atoms with Crippen LogP contribution in [0, 0.1) is 0 Å². The molecule has 2 rings (SSSR count). The number of nitrogens with one attached hydrogen (secondary N) is 1. The van der Waals surface area contributed by atoms with E-state index in [1.807, 2.05) is 6.08 Å². The summed E-state index contributed by atoms with van der Waals surface area (Å²) in [5, 5.41) is 87.6. The van der Waals surface area contributed by atoms with Gasteiger partial charge in [0.25, 0.3) is 0 Å². The van der Waals surface area contributed by atoms with Crippen LogP contribution in [0.1, 0.15) is 322 Å². The van der Waals surface area contributed by atoms with Crippen molar-refractivity contribution in [1.82, 2.24) is 5.32 Å². The highest BCUT2D eigenvalue weighted by atomic mass is 16.7. The van der Waals surface area contributed by atoms with E-state index in [-0.39, 0.29) is 18.9 Å². The molecule has 14 nitrogen and oxygen atoms in total. The van der Waals surface area contributed by atoms with E-state index in [1.165, 1.54) is 218 Å². The second kappa shape index (κ2) is 63.6. The molecule has 0 aromatic rings. The van der Waals surface area contributed by atoms with Crippen molar-refractivity contribution in [2.45, 2.75) is 396 Å². The Hall–Kier alpha value is -2.83. The molecule has 0 aromatic carbocycles. The number of allylic oxidation sites excluding steroid dienone is 13. The van der Waals surface area contributed by atoms with Crippen LogP contribution in [0.2, 0.25) is 0 Å². The number of ether oxygens (including phenoxy) is 4. The molecule has 0 bridgehead atoms. The Labute approximate surface area is 573 Å². The Morgan fingerprint density at radius 2 is 0.734 bits per heavy atom. The average Bonchev–Trinajstić information content (AvgIpc) is 0.794. The smallest absolute Gasteiger partial charge is 0.220 e. The quantitative estimate of drug-likeness (QED) is 0.0204. The number of hydrogen-bond donors (Lipinski definition) is 9. The van der Waals surface area contributed by atoms with Crippen LogP contribution >= 0.6 is 0 Å². The molecule has 546 valence electrons. The van der Waals surface area contributed by atoms with E-state index in [1.54, 1.807) is 6.08 Å². The molecule has 12 atom stereocenters. The zero-order chi connectivity index (χ0) is 68.0. The second-order valence-electron chi connectivity index (χ2n) is 27.1. The Bertz CT molecular complexity index is 1900. The lowest BCUT2D eigenvalue weighted by molar-refractivity contribution is -0.359. The number of aliphatic hydroxyl groups excluding tert-OH is 8. The van der Waals surface area contributed by atoms with E-state index in [0.717, 1.165) is 77.0 Å². The van der Waals surface area contributed by atoms with E-state index < -0.39 is 86.8 Å². The Morgan fingerprint density at radius 3 is 1.13 bits per heavy atom. The number of rotatable bonds is 64. The largest absolute Gasteiger partial charge is 0.394 e. The summed E-state index contributed by atoms with van der Waals surface area (Å²) >= 11 is 0. The molecule has 2 saturated heterocycles. The maximum absolute atomic E-state index is 13.4. The van der Waals surface area contributed by atoms with Crippen molar-refractivity contribution in [1.29, 1.82) is 0 Å². The van der Waals surface area contributed by atoms with Crippen molar-refractivity contribution in [2.24, 2.45) is 0 Å². The zero-order valence-electron chi connectivity index (χ0n) is 59.7. The van der Waals surface area contributed by atoms with E-state index in [2.05, 4.69) is 92.1 Å². The minimum Gasteiger partial charge on any atom is -0.394 e. The van der Waals surface area contributed by atoms with Gasteiger partial charge in [-0.1, -0.05) is 330 Å². The SMILES string of the molecule is CC/C=C\C/C=C\C/C=C\C/C=C\C/C=C\C/C=C\CCCCCCCCCCCCCCCCCCC(=O)NC(COC1OC(CO)C(OC2OC(CO)C(O)C(O)C2O)C(O)C1O)C(O)/C=C/CCCCCCCCCCCCCCCCCCCCCCCCC. The Balaban J connectivity index is 1.63. The maximum Gasteiger partial charge on any atom is 0.220 e. The zero-order valence-corrected chi connectivity index (χ0v) is 59.7. The van der Waals surface area contributed by atoms with Crippen LogP contribution in [0.15, 0.2) is 85.1 Å². The van der Waals surface area contributed by atoms with Crippen LogP contribution in [-0.4, -0.2) is 140 Å². The number of carbonyl (C=O) groups excluding carboxylic acids is 1. The molecule has 2 aliphatic rings. The van der Waals surface area contributed by atoms with Gasteiger partial charge in [-0.05, 0) is 70.6 Å². The van der Waals surface area contributed by atoms with Crippen molar-refractivity contribution in [3.8, 4) is 0 Å². The summed E-state index contributed by atoms with van der Waals surface area (Å²) in [5.41, 5.74) is 0. The molecule has 94 heavy (non-hydrogen) atoms. The normalized spacial score (nSPS) is 22.9. The maximum atomic E-state index is 13.4. The highest BCUT2D eigenvalue weighted by Gasteiger charge is 2.51. The predicted molar refractivity (Wildman–Crippen MR) is 387 cm³/mol. The van der Waals surface area contributed by atoms with Crippen molar-refractivity contribution < 1.29 is 64.6 Å². The number of carbonyl (C=O) groups is 1. The van der Waals surface area contributed by atoms with Crippen LogP contribution < -0.4 is 5.32 Å². The summed E-state index contributed by atoms with van der Waals surface area (Å²) in [5.74, 6) is -0.237. The van der Waals surface area contributed by atoms with Crippen LogP contribution in [0.3, 0.4) is 0 Å². The van der Waals surface area contributed by atoms with Gasteiger partial charge in [0.15, 0.2) is 12.6 Å². The standard InChI is InChI=1S/C80H143NO13/c1-3-5-7-9-11-13-15-17-19-21-23-25-27-29-30-31-32-33-34-35-36-37-38-40-42-44-46-48-50-52-54-56-58-60-62-64-72(85)81-68(67-91-79-77(90)75(88)78(71(66-83)93-79)94-80-76(89)74(87)73(86)70(65-82)92-80)69(84)63-61-59-57-55-53-51-49-47-45-43-41-39-28-26-24-22-20-18-16-14-12-10-8-6-4-2/h5,7,11,13,17,19,23,25,29-30,32-33,61,63,68-71,73-80,82-84,86-90H,3-4,6,8-10,12,14-16,18,20-22,24,26-28,31,34-60,62,64-67H2,1-2H3,(H,81,85)/b7-5-,13-11-,19-17-,25-23-,30-29-,33-32-,63-61+. The lowest BCUT2D eigenvalue weighted by Gasteiger charge is -2.46. The first-order chi connectivity index (χ1) is 46.1. The molecule has 14 heteroatoms. The molecule has 0 saturated carbocycles. The minimum absolute atomic E-state index is 0.237. The van der Waals surface area contributed by atoms with Crippen molar-refractivity contribution in [3.05, 3.63) is 85.1 Å². The summed E-state index contributed by atoms with van der Waals surface area (Å²) in [6.07, 6.45) is 72.2. The Morgan fingerprint density at radius 1 is 0.394 bits per heavy atom. The lowest BCUT2D eigenvalue weighted by Crippen LogP contribution is -2.65. The summed E-state index contributed by atoms with van der Waals surface area (Å²) in [4.78, 5) is 13.4. The van der Waals surface area contributed by atoms with Gasteiger partial charge in [0.2, 0.25) is 5.91 Å². The van der Waals surface area contributed by atoms with Crippen LogP contribution in [-0.2, 0) is 23.7 Å². The molecule has 0 radical (unpaired) electrons. The van der Waals surface area contributed by atoms with Gasteiger partial charge >= 0.3 is 0 Å². The first-order valence-electron chi connectivity index (χ1n) is 38.8. The first-order valence-corrected chi connectivity index (χ1v) is 38.8. The molecule has 2 fully saturated rings. The number of aliphatic hydroxyl groups is 8. The fourth-order valence-corrected chi connectivity index (χ4v) is 12.5. The van der Waals surface area contributed by atoms with Crippen LogP contribution in [0.4, 0.5) is 0 Å². The van der Waals surface area contributed by atoms with Gasteiger partial charge in [-0.3, -0.25) is 4.79 Å². The van der Waals surface area contributed by atoms with Crippen molar-refractivity contribution >= 4 is 5.91 Å². The third kappa shape index (κ3) is 46.4. The van der Waals surface area contributed by atoms with E-state index >= 15 is 0 Å². The first kappa shape index (κ1) is 87.3. The average molecular weight is 1330 g/mol. The summed E-state index contributed by atoms with van der Waals surface area (Å²) in [6, 6.07) is -0.920. The van der Waals surface area contributed by atoms with Gasteiger partial charge < -0.3 is 65.1 Å². The molecule has 2 aliphatic heterocycles. The van der Waals surface area contributed by atoms with Gasteiger partial charge in [-0.15, -0.1) is 0 Å². The number of unbranched alkanes of at least 4 members (excludes halogenated alkanes) is 39. The molecular formula is C80H143NO13. The predicted octanol–water partition coefficient (Wildman–Crippen LogP) is 17.1. The monoisotopic (exact) mass is 1330 g/mol. The van der Waals surface area contributed by atoms with Crippen molar-refractivity contribution in [3.63, 3.8) is 0 Å². The second-order valence-corrected chi connectivity index (χ2v) is 27.1. The molecule has 2 heterocycles. The molecule has 9 N–H and O–H groups in total. The molecule has 0 aliphatic carbocycles. The lowest BCUT2D eigenvalue weighted by atomic mass is 9.97. The van der Waals surface area contributed by atoms with Crippen LogP contribution in [0.25, 0.3) is 0 Å². The van der Waals surface area contributed by atoms with Gasteiger partial charge in [-0.2, -0.15) is 0 Å². The highest BCUT2D eigenvalue weighted by molar-refractivity contribution is 5.76. The third-order valence-electron chi connectivity index (χ3n) is 18.6. The molecule has 0 spiro atoms. The van der Waals surface area contributed by atoms with E-state index in [9.17, 15) is 45.6 Å². The number of amides is 1. The Kier molecular flexibility index (Phi) is 59.0. The van der Waals surface area contributed by atoms with Gasteiger partial charge in [0, 0.05) is 6.42 Å². The summed E-state index contributed by atoms with van der Waals surface area (Å²) in [7, 11) is 0. The van der Waals surface area contributed by atoms with Crippen LogP contribution in [0.5, 0.6) is 0 Å².